The largest absolute Gasteiger partial charge is 0.509 e. The van der Waals surface area contributed by atoms with Gasteiger partial charge in [-0.05, 0) is 44.7 Å². The summed E-state index contributed by atoms with van der Waals surface area (Å²) in [5, 5.41) is 4.41. The summed E-state index contributed by atoms with van der Waals surface area (Å²) in [5.41, 5.74) is 1.57. The molecule has 9 heteroatoms. The van der Waals surface area contributed by atoms with Crippen LogP contribution in [0.3, 0.4) is 0 Å². The highest BCUT2D eigenvalue weighted by atomic mass is 32.1. The molecule has 1 aromatic heterocycles. The molecule has 2 fully saturated rings. The molecule has 1 N–H and O–H groups in total. The maximum Gasteiger partial charge on any atom is 0.509 e. The second-order valence-corrected chi connectivity index (χ2v) is 10.5. The number of nitrogens with one attached hydrogen (secondary N) is 1. The molecule has 3 heterocycles. The second-order valence-electron chi connectivity index (χ2n) is 9.46. The lowest BCUT2D eigenvalue weighted by Crippen LogP contribution is -2.40. The van der Waals surface area contributed by atoms with Crippen LogP contribution in [0.15, 0.2) is 30.5 Å². The van der Waals surface area contributed by atoms with E-state index in [4.69, 9.17) is 14.2 Å². The molecule has 8 nitrogen and oxygen atoms in total. The lowest BCUT2D eigenvalue weighted by atomic mass is 10.0. The summed E-state index contributed by atoms with van der Waals surface area (Å²) in [6.07, 6.45) is 1.84. The van der Waals surface area contributed by atoms with Crippen LogP contribution in [-0.4, -0.2) is 60.6 Å². The molecule has 0 unspecified atom stereocenters. The van der Waals surface area contributed by atoms with Crippen molar-refractivity contribution in [3.63, 3.8) is 0 Å². The highest BCUT2D eigenvalue weighted by molar-refractivity contribution is 7.18. The number of aromatic nitrogens is 1. The Bertz CT molecular complexity index is 981. The van der Waals surface area contributed by atoms with Crippen LogP contribution in [0.5, 0.6) is 0 Å². The summed E-state index contributed by atoms with van der Waals surface area (Å²) in [7, 11) is 0. The fourth-order valence-corrected chi connectivity index (χ4v) is 4.89. The van der Waals surface area contributed by atoms with E-state index in [1.807, 2.05) is 6.20 Å². The summed E-state index contributed by atoms with van der Waals surface area (Å²) in [5.74, 6) is -0.412. The zero-order valence-electron chi connectivity index (χ0n) is 19.5. The number of hydrogen-bond donors (Lipinski definition) is 1. The van der Waals surface area contributed by atoms with Gasteiger partial charge in [0.2, 0.25) is 0 Å². The van der Waals surface area contributed by atoms with Gasteiger partial charge in [-0.2, -0.15) is 0 Å². The van der Waals surface area contributed by atoms with E-state index in [1.165, 1.54) is 13.3 Å². The number of thiazole rings is 1. The summed E-state index contributed by atoms with van der Waals surface area (Å²) < 4.78 is 16.3. The van der Waals surface area contributed by atoms with Crippen LogP contribution in [0.1, 0.15) is 39.7 Å². The van der Waals surface area contributed by atoms with Gasteiger partial charge >= 0.3 is 12.1 Å². The Morgan fingerprint density at radius 2 is 1.91 bits per heavy atom. The third-order valence-electron chi connectivity index (χ3n) is 5.60. The standard InChI is InChI=1S/C24H31N3O5S/c1-15(28)30-21-18(25-13-19(21)31-23(29)32-24(2,3)4)12-16-6-8-17(9-7-16)20-14-26-22(33-20)27-10-5-11-27/h6-9,14,18-19,21,25H,5,10-13H2,1-4H3/t18-,19+,21+/m1/s1. The van der Waals surface area contributed by atoms with Gasteiger partial charge in [-0.25, -0.2) is 9.78 Å². The number of hydrogen-bond acceptors (Lipinski definition) is 9. The number of esters is 1. The number of benzene rings is 1. The number of ether oxygens (including phenoxy) is 3. The molecule has 0 bridgehead atoms. The van der Waals surface area contributed by atoms with Crippen LogP contribution in [0.4, 0.5) is 9.93 Å². The van der Waals surface area contributed by atoms with Crippen molar-refractivity contribution in [3.8, 4) is 10.4 Å². The summed E-state index contributed by atoms with van der Waals surface area (Å²) in [6.45, 7) is 9.24. The van der Waals surface area contributed by atoms with Gasteiger partial charge < -0.3 is 24.4 Å². The topological polar surface area (TPSA) is 90.0 Å². The van der Waals surface area contributed by atoms with Gasteiger partial charge in [0.25, 0.3) is 0 Å². The van der Waals surface area contributed by atoms with Crippen molar-refractivity contribution in [2.24, 2.45) is 0 Å². The quantitative estimate of drug-likeness (QED) is 0.634. The zero-order valence-corrected chi connectivity index (χ0v) is 20.3. The van der Waals surface area contributed by atoms with Crippen LogP contribution in [-0.2, 0) is 25.4 Å². The monoisotopic (exact) mass is 473 g/mol. The van der Waals surface area contributed by atoms with Gasteiger partial charge in [-0.1, -0.05) is 35.6 Å². The molecule has 0 radical (unpaired) electrons. The lowest BCUT2D eigenvalue weighted by molar-refractivity contribution is -0.152. The van der Waals surface area contributed by atoms with Gasteiger partial charge in [0.15, 0.2) is 17.3 Å². The van der Waals surface area contributed by atoms with Gasteiger partial charge in [-0.3, -0.25) is 4.79 Å². The second kappa shape index (κ2) is 9.69. The van der Waals surface area contributed by atoms with E-state index in [9.17, 15) is 9.59 Å². The number of anilines is 1. The van der Waals surface area contributed by atoms with Crippen molar-refractivity contribution >= 4 is 28.6 Å². The summed E-state index contributed by atoms with van der Waals surface area (Å²) in [6, 6.07) is 8.16. The fraction of sp³-hybridized carbons (Fsp3) is 0.542. The molecule has 33 heavy (non-hydrogen) atoms. The first-order valence-electron chi connectivity index (χ1n) is 11.3. The van der Waals surface area contributed by atoms with E-state index >= 15 is 0 Å². The predicted octanol–water partition coefficient (Wildman–Crippen LogP) is 3.79. The van der Waals surface area contributed by atoms with Crippen molar-refractivity contribution < 1.29 is 23.8 Å². The Labute approximate surface area is 198 Å². The minimum Gasteiger partial charge on any atom is -0.457 e. The third kappa shape index (κ3) is 6.03. The molecule has 0 aliphatic carbocycles. The van der Waals surface area contributed by atoms with Crippen LogP contribution >= 0.6 is 11.3 Å². The van der Waals surface area contributed by atoms with Crippen molar-refractivity contribution in [1.82, 2.24) is 10.3 Å². The smallest absolute Gasteiger partial charge is 0.457 e. The van der Waals surface area contributed by atoms with E-state index in [-0.39, 0.29) is 6.04 Å². The van der Waals surface area contributed by atoms with Crippen molar-refractivity contribution in [2.45, 2.75) is 64.4 Å². The molecule has 178 valence electrons. The number of carbonyl (C=O) groups is 2. The molecule has 0 amide bonds. The highest BCUT2D eigenvalue weighted by Crippen LogP contribution is 2.33. The van der Waals surface area contributed by atoms with Gasteiger partial charge in [-0.15, -0.1) is 0 Å². The Hall–Kier alpha value is -2.65. The average molecular weight is 474 g/mol. The molecule has 2 saturated heterocycles. The molecular formula is C24H31N3O5S. The summed E-state index contributed by atoms with van der Waals surface area (Å²) >= 11 is 1.71. The first-order valence-corrected chi connectivity index (χ1v) is 12.1. The zero-order chi connectivity index (χ0) is 23.6. The van der Waals surface area contributed by atoms with E-state index in [1.54, 1.807) is 32.1 Å². The van der Waals surface area contributed by atoms with Crippen molar-refractivity contribution in [2.75, 3.05) is 24.5 Å². The SMILES string of the molecule is CC(=O)O[C@@H]1[C@@H](OC(=O)OC(C)(C)C)CN[C@@H]1Cc1ccc(-c2cnc(N3CCC3)s2)cc1. The normalized spacial score (nSPS) is 22.5. The van der Waals surface area contributed by atoms with E-state index in [0.29, 0.717) is 13.0 Å². The molecule has 0 saturated carbocycles. The minimum absolute atomic E-state index is 0.173. The van der Waals surface area contributed by atoms with Gasteiger partial charge in [0, 0.05) is 32.8 Å². The molecule has 4 rings (SSSR count). The third-order valence-corrected chi connectivity index (χ3v) is 6.70. The Morgan fingerprint density at radius 3 is 2.52 bits per heavy atom. The fourth-order valence-electron chi connectivity index (χ4n) is 3.91. The van der Waals surface area contributed by atoms with Crippen LogP contribution in [0.25, 0.3) is 10.4 Å². The molecule has 2 aliphatic rings. The van der Waals surface area contributed by atoms with Gasteiger partial charge in [0.05, 0.1) is 10.9 Å². The Morgan fingerprint density at radius 1 is 1.18 bits per heavy atom. The lowest BCUT2D eigenvalue weighted by Gasteiger charge is -2.30. The Kier molecular flexibility index (Phi) is 6.90. The molecule has 2 aliphatic heterocycles. The first kappa shape index (κ1) is 23.5. The van der Waals surface area contributed by atoms with E-state index < -0.39 is 29.9 Å². The van der Waals surface area contributed by atoms with Crippen molar-refractivity contribution in [3.05, 3.63) is 36.0 Å². The number of nitrogens with zero attached hydrogens (tertiary/aromatic N) is 2. The minimum atomic E-state index is -0.765. The average Bonchev–Trinajstić information content (AvgIpc) is 3.28. The van der Waals surface area contributed by atoms with Crippen molar-refractivity contribution in [1.29, 1.82) is 0 Å². The van der Waals surface area contributed by atoms with Crippen LogP contribution in [0, 0.1) is 0 Å². The van der Waals surface area contributed by atoms with E-state index in [0.717, 1.165) is 34.2 Å². The van der Waals surface area contributed by atoms with E-state index in [2.05, 4.69) is 39.5 Å². The predicted molar refractivity (Wildman–Crippen MR) is 127 cm³/mol. The molecule has 1 aromatic carbocycles. The Balaban J connectivity index is 1.39. The van der Waals surface area contributed by atoms with Crippen LogP contribution < -0.4 is 10.2 Å². The molecule has 2 aromatic rings. The molecular weight excluding hydrogens is 442 g/mol. The summed E-state index contributed by atoms with van der Waals surface area (Å²) in [4.78, 5) is 31.8. The van der Waals surface area contributed by atoms with Gasteiger partial charge in [0.1, 0.15) is 5.60 Å². The first-order chi connectivity index (χ1) is 15.7. The molecule has 3 atom stereocenters. The highest BCUT2D eigenvalue weighted by Gasteiger charge is 2.41. The maximum absolute atomic E-state index is 12.1. The maximum atomic E-state index is 12.1. The number of rotatable bonds is 6. The molecule has 0 spiro atoms. The number of carbonyl (C=O) groups excluding carboxylic acids is 2. The van der Waals surface area contributed by atoms with Crippen LogP contribution in [0.2, 0.25) is 0 Å².